The Balaban J connectivity index is 2.09. The van der Waals surface area contributed by atoms with Crippen LogP contribution in [0.4, 0.5) is 0 Å². The maximum absolute atomic E-state index is 5.33. The van der Waals surface area contributed by atoms with Gasteiger partial charge in [0.1, 0.15) is 5.69 Å². The summed E-state index contributed by atoms with van der Waals surface area (Å²) >= 11 is 0. The van der Waals surface area contributed by atoms with Crippen LogP contribution in [0.1, 0.15) is 11.3 Å². The third kappa shape index (κ3) is 1.45. The molecule has 0 saturated heterocycles. The average molecular weight is 200 g/mol. The zero-order chi connectivity index (χ0) is 10.1. The quantitative estimate of drug-likeness (QED) is 0.765. The van der Waals surface area contributed by atoms with Crippen molar-refractivity contribution in [2.75, 3.05) is 6.54 Å². The Hall–Kier alpha value is -1.61. The van der Waals surface area contributed by atoms with Gasteiger partial charge in [-0.15, -0.1) is 0 Å². The number of fused-ring (bicyclic) bond motifs is 1. The van der Waals surface area contributed by atoms with Crippen molar-refractivity contribution in [2.45, 2.75) is 13.0 Å². The summed E-state index contributed by atoms with van der Waals surface area (Å²) in [5.74, 6) is 0.986. The van der Waals surface area contributed by atoms with Crippen molar-refractivity contribution in [3.8, 4) is 11.3 Å². The predicted octanol–water partition coefficient (Wildman–Crippen LogP) is 1.99. The van der Waals surface area contributed by atoms with Gasteiger partial charge in [0.2, 0.25) is 0 Å². The molecule has 0 aliphatic carbocycles. The number of benzene rings is 1. The lowest BCUT2D eigenvalue weighted by Gasteiger charge is -2.10. The number of aromatic nitrogens is 1. The molecule has 0 radical (unpaired) electrons. The number of hydrogen-bond acceptors (Lipinski definition) is 3. The minimum absolute atomic E-state index is 0.801. The van der Waals surface area contributed by atoms with Crippen molar-refractivity contribution in [1.29, 1.82) is 0 Å². The van der Waals surface area contributed by atoms with E-state index in [0.29, 0.717) is 0 Å². The van der Waals surface area contributed by atoms with E-state index in [1.165, 1.54) is 5.56 Å². The Morgan fingerprint density at radius 1 is 1.20 bits per heavy atom. The van der Waals surface area contributed by atoms with Gasteiger partial charge in [-0.2, -0.15) is 0 Å². The second-order valence-corrected chi connectivity index (χ2v) is 3.73. The Bertz CT molecular complexity index is 462. The highest BCUT2D eigenvalue weighted by molar-refractivity contribution is 5.63. The van der Waals surface area contributed by atoms with Gasteiger partial charge < -0.3 is 9.84 Å². The van der Waals surface area contributed by atoms with Gasteiger partial charge >= 0.3 is 0 Å². The molecule has 3 rings (SSSR count). The second-order valence-electron chi connectivity index (χ2n) is 3.73. The minimum atomic E-state index is 0.801. The molecular formula is C12H12N2O. The summed E-state index contributed by atoms with van der Waals surface area (Å²) in [5, 5.41) is 7.43. The first-order valence-corrected chi connectivity index (χ1v) is 5.19. The molecule has 3 heteroatoms. The Kier molecular flexibility index (Phi) is 2.03. The SMILES string of the molecule is c1ccc(-c2noc3c2CCNC3)cc1. The average Bonchev–Trinajstić information content (AvgIpc) is 2.74. The second kappa shape index (κ2) is 3.51. The highest BCUT2D eigenvalue weighted by Gasteiger charge is 2.19. The summed E-state index contributed by atoms with van der Waals surface area (Å²) in [5.41, 5.74) is 3.41. The van der Waals surface area contributed by atoms with E-state index in [-0.39, 0.29) is 0 Å². The fraction of sp³-hybridized carbons (Fsp3) is 0.250. The van der Waals surface area contributed by atoms with Gasteiger partial charge in [0.15, 0.2) is 5.76 Å². The van der Waals surface area contributed by atoms with Crippen LogP contribution in [0.3, 0.4) is 0 Å². The summed E-state index contributed by atoms with van der Waals surface area (Å²) in [4.78, 5) is 0. The normalized spacial score (nSPS) is 14.9. The third-order valence-electron chi connectivity index (χ3n) is 2.75. The van der Waals surface area contributed by atoms with Crippen LogP contribution in [-0.4, -0.2) is 11.7 Å². The van der Waals surface area contributed by atoms with Gasteiger partial charge in [-0.05, 0) is 13.0 Å². The molecule has 3 nitrogen and oxygen atoms in total. The minimum Gasteiger partial charge on any atom is -0.359 e. The molecule has 1 aliphatic heterocycles. The van der Waals surface area contributed by atoms with Crippen LogP contribution in [0.2, 0.25) is 0 Å². The van der Waals surface area contributed by atoms with Gasteiger partial charge in [-0.3, -0.25) is 0 Å². The Labute approximate surface area is 88.1 Å². The van der Waals surface area contributed by atoms with E-state index in [2.05, 4.69) is 22.6 Å². The van der Waals surface area contributed by atoms with E-state index >= 15 is 0 Å². The zero-order valence-electron chi connectivity index (χ0n) is 8.36. The number of hydrogen-bond donors (Lipinski definition) is 1. The molecule has 0 saturated carbocycles. The molecule has 0 fully saturated rings. The molecule has 1 aromatic heterocycles. The Morgan fingerprint density at radius 3 is 2.93 bits per heavy atom. The topological polar surface area (TPSA) is 38.1 Å². The lowest BCUT2D eigenvalue weighted by molar-refractivity contribution is 0.367. The van der Waals surface area contributed by atoms with Crippen molar-refractivity contribution in [3.63, 3.8) is 0 Å². The van der Waals surface area contributed by atoms with Crippen LogP contribution in [0.25, 0.3) is 11.3 Å². The largest absolute Gasteiger partial charge is 0.359 e. The molecule has 2 heterocycles. The van der Waals surface area contributed by atoms with Gasteiger partial charge in [0.25, 0.3) is 0 Å². The smallest absolute Gasteiger partial charge is 0.154 e. The first-order chi connectivity index (χ1) is 7.45. The molecule has 0 amide bonds. The van der Waals surface area contributed by atoms with E-state index < -0.39 is 0 Å². The van der Waals surface area contributed by atoms with E-state index in [1.54, 1.807) is 0 Å². The van der Waals surface area contributed by atoms with Crippen molar-refractivity contribution in [1.82, 2.24) is 10.5 Å². The molecule has 2 aromatic rings. The number of rotatable bonds is 1. The van der Waals surface area contributed by atoms with E-state index in [4.69, 9.17) is 4.52 Å². The van der Waals surface area contributed by atoms with Gasteiger partial charge in [-0.25, -0.2) is 0 Å². The third-order valence-corrected chi connectivity index (χ3v) is 2.75. The van der Waals surface area contributed by atoms with Crippen LogP contribution in [0.15, 0.2) is 34.9 Å². The summed E-state index contributed by atoms with van der Waals surface area (Å²) in [7, 11) is 0. The van der Waals surface area contributed by atoms with Gasteiger partial charge in [-0.1, -0.05) is 35.5 Å². The molecule has 1 aliphatic rings. The zero-order valence-corrected chi connectivity index (χ0v) is 8.36. The number of nitrogens with one attached hydrogen (secondary N) is 1. The van der Waals surface area contributed by atoms with Crippen molar-refractivity contribution in [3.05, 3.63) is 41.7 Å². The molecule has 1 N–H and O–H groups in total. The van der Waals surface area contributed by atoms with Gasteiger partial charge in [0, 0.05) is 11.1 Å². The highest BCUT2D eigenvalue weighted by Crippen LogP contribution is 2.27. The first kappa shape index (κ1) is 8.68. The number of nitrogens with zero attached hydrogens (tertiary/aromatic N) is 1. The standard InChI is InChI=1S/C12H12N2O/c1-2-4-9(5-3-1)12-10-6-7-13-8-11(10)15-14-12/h1-5,13H,6-8H2. The van der Waals surface area contributed by atoms with Crippen LogP contribution >= 0.6 is 0 Å². The maximum Gasteiger partial charge on any atom is 0.154 e. The molecule has 76 valence electrons. The Morgan fingerprint density at radius 2 is 2.07 bits per heavy atom. The molecule has 0 bridgehead atoms. The van der Waals surface area contributed by atoms with Crippen LogP contribution in [0, 0.1) is 0 Å². The van der Waals surface area contributed by atoms with Crippen LogP contribution < -0.4 is 5.32 Å². The predicted molar refractivity (Wildman–Crippen MR) is 57.3 cm³/mol. The fourth-order valence-electron chi connectivity index (χ4n) is 1.98. The van der Waals surface area contributed by atoms with Crippen LogP contribution in [0.5, 0.6) is 0 Å². The molecular weight excluding hydrogens is 188 g/mol. The summed E-state index contributed by atoms with van der Waals surface area (Å²) in [6, 6.07) is 10.2. The van der Waals surface area contributed by atoms with E-state index in [0.717, 1.165) is 36.5 Å². The summed E-state index contributed by atoms with van der Waals surface area (Å²) < 4.78 is 5.33. The van der Waals surface area contributed by atoms with Gasteiger partial charge in [0.05, 0.1) is 6.54 Å². The molecule has 1 aromatic carbocycles. The summed E-state index contributed by atoms with van der Waals surface area (Å²) in [6.45, 7) is 1.81. The highest BCUT2D eigenvalue weighted by atomic mass is 16.5. The van der Waals surface area contributed by atoms with Crippen molar-refractivity contribution >= 4 is 0 Å². The molecule has 0 spiro atoms. The van der Waals surface area contributed by atoms with E-state index in [9.17, 15) is 0 Å². The molecule has 0 atom stereocenters. The lowest BCUT2D eigenvalue weighted by Crippen LogP contribution is -2.22. The van der Waals surface area contributed by atoms with Crippen molar-refractivity contribution < 1.29 is 4.52 Å². The van der Waals surface area contributed by atoms with Crippen LogP contribution in [-0.2, 0) is 13.0 Å². The maximum atomic E-state index is 5.33. The molecule has 15 heavy (non-hydrogen) atoms. The fourth-order valence-corrected chi connectivity index (χ4v) is 1.98. The first-order valence-electron chi connectivity index (χ1n) is 5.19. The lowest BCUT2D eigenvalue weighted by atomic mass is 10.0. The van der Waals surface area contributed by atoms with Crippen molar-refractivity contribution in [2.24, 2.45) is 0 Å². The monoisotopic (exact) mass is 200 g/mol. The van der Waals surface area contributed by atoms with E-state index in [1.807, 2.05) is 18.2 Å². The summed E-state index contributed by atoms with van der Waals surface area (Å²) in [6.07, 6.45) is 1.00. The molecule has 0 unspecified atom stereocenters.